The van der Waals surface area contributed by atoms with Crippen LogP contribution in [0.15, 0.2) is 78.9 Å². The number of benzene rings is 3. The van der Waals surface area contributed by atoms with Gasteiger partial charge in [-0.15, -0.1) is 0 Å². The fraction of sp³-hybridized carbons (Fsp3) is 0.355. The van der Waals surface area contributed by atoms with Crippen LogP contribution in [0.5, 0.6) is 0 Å². The van der Waals surface area contributed by atoms with Gasteiger partial charge >= 0.3 is 0 Å². The number of rotatable bonds is 14. The lowest BCUT2D eigenvalue weighted by atomic mass is 9.82. The lowest BCUT2D eigenvalue weighted by Crippen LogP contribution is -2.18. The fourth-order valence-corrected chi connectivity index (χ4v) is 4.67. The van der Waals surface area contributed by atoms with Crippen molar-refractivity contribution in [2.75, 3.05) is 21.5 Å². The van der Waals surface area contributed by atoms with Gasteiger partial charge in [0.1, 0.15) is 0 Å². The summed E-state index contributed by atoms with van der Waals surface area (Å²) >= 11 is 0. The third kappa shape index (κ3) is 8.98. The van der Waals surface area contributed by atoms with Gasteiger partial charge in [0.05, 0.1) is 11.4 Å². The van der Waals surface area contributed by atoms with E-state index < -0.39 is 0 Å². The van der Waals surface area contributed by atoms with Gasteiger partial charge in [0.15, 0.2) is 0 Å². The molecule has 3 aromatic carbocycles. The molecule has 0 spiro atoms. The number of nitrogens with one attached hydrogen (secondary N) is 4. The summed E-state index contributed by atoms with van der Waals surface area (Å²) in [5.74, 6) is 1.26. The topological polar surface area (TPSA) is 82.3 Å². The molecule has 6 nitrogen and oxygen atoms in total. The summed E-state index contributed by atoms with van der Waals surface area (Å²) in [4.78, 5) is 24.8. The van der Waals surface area contributed by atoms with Crippen LogP contribution in [0.25, 0.3) is 0 Å². The summed E-state index contributed by atoms with van der Waals surface area (Å²) < 4.78 is 0. The van der Waals surface area contributed by atoms with E-state index in [0.29, 0.717) is 23.8 Å². The minimum atomic E-state index is -0.140. The molecule has 0 heterocycles. The Morgan fingerprint density at radius 2 is 1.11 bits per heavy atom. The number of anilines is 4. The highest BCUT2D eigenvalue weighted by molar-refractivity contribution is 6.04. The molecule has 196 valence electrons. The van der Waals surface area contributed by atoms with E-state index in [9.17, 15) is 9.59 Å². The summed E-state index contributed by atoms with van der Waals surface area (Å²) in [7, 11) is 0. The van der Waals surface area contributed by atoms with Crippen LogP contribution in [0.2, 0.25) is 0 Å². The quantitative estimate of drug-likeness (QED) is 0.169. The molecule has 4 N–H and O–H groups in total. The molecule has 0 aliphatic carbocycles. The molecule has 0 radical (unpaired) electrons. The average molecular weight is 501 g/mol. The predicted octanol–water partition coefficient (Wildman–Crippen LogP) is 7.95. The molecule has 2 amide bonds. The molecular formula is C31H40N4O2. The monoisotopic (exact) mass is 500 g/mol. The molecule has 37 heavy (non-hydrogen) atoms. The van der Waals surface area contributed by atoms with Crippen LogP contribution in [-0.4, -0.2) is 11.8 Å². The molecule has 0 aliphatic heterocycles. The standard InChI is InChI=1S/C31H40N4O2/c1-4-10-23(5-2)24(6-3)13-22-30(36)32-26-14-18-28(19-15-26)34-35-29-20-16-27(17-21-29)33-31(37)25-11-8-7-9-12-25/h7-9,11-12,14-21,23-24,34-35H,4-6,10,13,22H2,1-3H3,(H,32,36)(H,33,37). The zero-order chi connectivity index (χ0) is 26.5. The fourth-order valence-electron chi connectivity index (χ4n) is 4.67. The number of amides is 2. The number of hydrazine groups is 1. The lowest BCUT2D eigenvalue weighted by molar-refractivity contribution is -0.116. The molecule has 0 saturated heterocycles. The molecule has 2 atom stereocenters. The Morgan fingerprint density at radius 3 is 1.62 bits per heavy atom. The first-order valence-corrected chi connectivity index (χ1v) is 13.4. The van der Waals surface area contributed by atoms with Gasteiger partial charge in [-0.25, -0.2) is 0 Å². The van der Waals surface area contributed by atoms with Crippen LogP contribution >= 0.6 is 0 Å². The largest absolute Gasteiger partial charge is 0.326 e. The Morgan fingerprint density at radius 1 is 0.622 bits per heavy atom. The Balaban J connectivity index is 1.43. The maximum absolute atomic E-state index is 12.5. The van der Waals surface area contributed by atoms with Crippen LogP contribution in [0.3, 0.4) is 0 Å². The average Bonchev–Trinajstić information content (AvgIpc) is 2.93. The second-order valence-corrected chi connectivity index (χ2v) is 9.44. The first-order valence-electron chi connectivity index (χ1n) is 13.4. The van der Waals surface area contributed by atoms with Crippen LogP contribution < -0.4 is 21.5 Å². The highest BCUT2D eigenvalue weighted by Gasteiger charge is 2.18. The smallest absolute Gasteiger partial charge is 0.255 e. The molecule has 6 heteroatoms. The molecule has 3 aromatic rings. The van der Waals surface area contributed by atoms with Gasteiger partial charge < -0.3 is 21.5 Å². The van der Waals surface area contributed by atoms with Crippen molar-refractivity contribution in [3.05, 3.63) is 84.4 Å². The summed E-state index contributed by atoms with van der Waals surface area (Å²) in [6, 6.07) is 24.2. The highest BCUT2D eigenvalue weighted by Crippen LogP contribution is 2.28. The first kappa shape index (κ1) is 27.8. The minimum Gasteiger partial charge on any atom is -0.326 e. The Labute approximate surface area is 221 Å². The van der Waals surface area contributed by atoms with E-state index in [2.05, 4.69) is 42.3 Å². The van der Waals surface area contributed by atoms with Gasteiger partial charge in [0.2, 0.25) is 5.91 Å². The number of hydrogen-bond donors (Lipinski definition) is 4. The van der Waals surface area contributed by atoms with E-state index in [1.54, 1.807) is 12.1 Å². The van der Waals surface area contributed by atoms with Gasteiger partial charge in [-0.3, -0.25) is 9.59 Å². The van der Waals surface area contributed by atoms with Crippen molar-refractivity contribution in [2.24, 2.45) is 11.8 Å². The van der Waals surface area contributed by atoms with Crippen molar-refractivity contribution in [3.63, 3.8) is 0 Å². The second kappa shape index (κ2) is 14.7. The molecular weight excluding hydrogens is 460 g/mol. The van der Waals surface area contributed by atoms with Crippen LogP contribution in [-0.2, 0) is 4.79 Å². The van der Waals surface area contributed by atoms with E-state index in [-0.39, 0.29) is 11.8 Å². The third-order valence-corrected chi connectivity index (χ3v) is 6.82. The Bertz CT molecular complexity index is 1100. The van der Waals surface area contributed by atoms with Gasteiger partial charge in [0.25, 0.3) is 5.91 Å². The lowest BCUT2D eigenvalue weighted by Gasteiger charge is -2.24. The maximum Gasteiger partial charge on any atom is 0.255 e. The van der Waals surface area contributed by atoms with E-state index >= 15 is 0 Å². The van der Waals surface area contributed by atoms with E-state index in [0.717, 1.165) is 35.6 Å². The Hall–Kier alpha value is -3.80. The van der Waals surface area contributed by atoms with Crippen molar-refractivity contribution in [1.29, 1.82) is 0 Å². The molecule has 0 bridgehead atoms. The summed E-state index contributed by atoms with van der Waals surface area (Å²) in [5, 5.41) is 5.91. The second-order valence-electron chi connectivity index (χ2n) is 9.44. The third-order valence-electron chi connectivity index (χ3n) is 6.82. The normalized spacial score (nSPS) is 12.3. The summed E-state index contributed by atoms with van der Waals surface area (Å²) in [6.07, 6.45) is 6.26. The van der Waals surface area contributed by atoms with Gasteiger partial charge in [-0.1, -0.05) is 64.7 Å². The van der Waals surface area contributed by atoms with Crippen LogP contribution in [0.4, 0.5) is 22.7 Å². The molecule has 0 aliphatic rings. The van der Waals surface area contributed by atoms with E-state index in [4.69, 9.17) is 0 Å². The van der Waals surface area contributed by atoms with Crippen molar-refractivity contribution >= 4 is 34.6 Å². The zero-order valence-electron chi connectivity index (χ0n) is 22.2. The predicted molar refractivity (Wildman–Crippen MR) is 155 cm³/mol. The van der Waals surface area contributed by atoms with Crippen LogP contribution in [0, 0.1) is 11.8 Å². The van der Waals surface area contributed by atoms with Crippen molar-refractivity contribution in [1.82, 2.24) is 0 Å². The number of hydrogen-bond acceptors (Lipinski definition) is 4. The van der Waals surface area contributed by atoms with Gasteiger partial charge in [0, 0.05) is 23.4 Å². The summed E-state index contributed by atoms with van der Waals surface area (Å²) in [5.41, 5.74) is 10.2. The Kier molecular flexibility index (Phi) is 11.0. The van der Waals surface area contributed by atoms with Crippen molar-refractivity contribution < 1.29 is 9.59 Å². The molecule has 2 unspecified atom stereocenters. The number of carbonyl (C=O) groups excluding carboxylic acids is 2. The van der Waals surface area contributed by atoms with E-state index in [1.807, 2.05) is 66.7 Å². The van der Waals surface area contributed by atoms with Crippen LogP contribution in [0.1, 0.15) is 69.7 Å². The number of carbonyl (C=O) groups is 2. The first-order chi connectivity index (χ1) is 18.0. The van der Waals surface area contributed by atoms with Crippen molar-refractivity contribution in [2.45, 2.75) is 59.3 Å². The van der Waals surface area contributed by atoms with Gasteiger partial charge in [-0.05, 0) is 78.9 Å². The molecule has 0 saturated carbocycles. The van der Waals surface area contributed by atoms with Gasteiger partial charge in [-0.2, -0.15) is 0 Å². The molecule has 3 rings (SSSR count). The zero-order valence-corrected chi connectivity index (χ0v) is 22.2. The minimum absolute atomic E-state index is 0.0723. The maximum atomic E-state index is 12.5. The molecule has 0 fully saturated rings. The highest BCUT2D eigenvalue weighted by atomic mass is 16.2. The van der Waals surface area contributed by atoms with E-state index in [1.165, 1.54) is 19.3 Å². The summed E-state index contributed by atoms with van der Waals surface area (Å²) in [6.45, 7) is 6.73. The molecule has 0 aromatic heterocycles. The SMILES string of the molecule is CCCC(CC)C(CC)CCC(=O)Nc1ccc(NNc2ccc(NC(=O)c3ccccc3)cc2)cc1. The van der Waals surface area contributed by atoms with Crippen molar-refractivity contribution in [3.8, 4) is 0 Å².